The molecular weight excluding hydrogens is 220 g/mol. The molecule has 0 aromatic rings. The second-order valence-electron chi connectivity index (χ2n) is 7.47. The average Bonchev–Trinajstić information content (AvgIpc) is 2.55. The minimum Gasteiger partial charge on any atom is -0.0651 e. The van der Waals surface area contributed by atoms with Crippen LogP contribution in [0.2, 0.25) is 22.2 Å². The van der Waals surface area contributed by atoms with E-state index < -0.39 is 8.07 Å². The standard InChI is InChI=1S/C16H34Si/c1-7-15(3,4)17(16(5,6)8-2)13-11-9-10-12-14-17/h7-14H2,1-6H3. The summed E-state index contributed by atoms with van der Waals surface area (Å²) in [5.74, 6) is 0. The van der Waals surface area contributed by atoms with E-state index in [2.05, 4.69) is 41.5 Å². The van der Waals surface area contributed by atoms with Crippen molar-refractivity contribution in [1.82, 2.24) is 0 Å². The molecule has 0 radical (unpaired) electrons. The molecule has 0 aromatic carbocycles. The van der Waals surface area contributed by atoms with E-state index >= 15 is 0 Å². The molecule has 17 heavy (non-hydrogen) atoms. The Bertz CT molecular complexity index is 214. The van der Waals surface area contributed by atoms with Crippen molar-refractivity contribution in [3.8, 4) is 0 Å². The quantitative estimate of drug-likeness (QED) is 0.510. The summed E-state index contributed by atoms with van der Waals surface area (Å²) in [5, 5.41) is 1.24. The summed E-state index contributed by atoms with van der Waals surface area (Å²) in [4.78, 5) is 0. The van der Waals surface area contributed by atoms with Crippen LogP contribution in [0.4, 0.5) is 0 Å². The third-order valence-corrected chi connectivity index (χ3v) is 14.6. The summed E-state index contributed by atoms with van der Waals surface area (Å²) < 4.78 is 0. The Morgan fingerprint density at radius 3 is 1.35 bits per heavy atom. The molecule has 1 aliphatic rings. The lowest BCUT2D eigenvalue weighted by Crippen LogP contribution is -2.52. The normalized spacial score (nSPS) is 22.2. The SMILES string of the molecule is CCC(C)(C)[Si]1(C(C)(C)CC)CCCCCC1. The van der Waals surface area contributed by atoms with Crippen LogP contribution >= 0.6 is 0 Å². The highest BCUT2D eigenvalue weighted by Crippen LogP contribution is 2.60. The molecular formula is C16H34Si. The maximum Gasteiger partial charge on any atom is 0.0649 e. The third kappa shape index (κ3) is 2.64. The van der Waals surface area contributed by atoms with Crippen molar-refractivity contribution < 1.29 is 0 Å². The van der Waals surface area contributed by atoms with Gasteiger partial charge < -0.3 is 0 Å². The topological polar surface area (TPSA) is 0 Å². The Kier molecular flexibility index (Phi) is 4.91. The Morgan fingerprint density at radius 2 is 1.06 bits per heavy atom. The van der Waals surface area contributed by atoms with Gasteiger partial charge in [0.1, 0.15) is 0 Å². The Hall–Kier alpha value is 0.217. The van der Waals surface area contributed by atoms with E-state index in [9.17, 15) is 0 Å². The summed E-state index contributed by atoms with van der Waals surface area (Å²) in [5.41, 5.74) is 0. The Morgan fingerprint density at radius 1 is 0.706 bits per heavy atom. The molecule has 0 spiro atoms. The minimum atomic E-state index is -1.19. The van der Waals surface area contributed by atoms with Crippen LogP contribution in [0.25, 0.3) is 0 Å². The highest BCUT2D eigenvalue weighted by molar-refractivity contribution is 6.85. The number of rotatable bonds is 4. The van der Waals surface area contributed by atoms with Crippen LogP contribution in [0.15, 0.2) is 0 Å². The fourth-order valence-electron chi connectivity index (χ4n) is 4.28. The van der Waals surface area contributed by atoms with Gasteiger partial charge >= 0.3 is 0 Å². The lowest BCUT2D eigenvalue weighted by atomic mass is 10.1. The molecule has 1 fully saturated rings. The van der Waals surface area contributed by atoms with E-state index in [1.165, 1.54) is 38.5 Å². The van der Waals surface area contributed by atoms with Crippen LogP contribution in [0.5, 0.6) is 0 Å². The molecule has 1 heterocycles. The van der Waals surface area contributed by atoms with Crippen LogP contribution in [0.3, 0.4) is 0 Å². The van der Waals surface area contributed by atoms with Gasteiger partial charge in [-0.25, -0.2) is 0 Å². The van der Waals surface area contributed by atoms with E-state index in [1.54, 1.807) is 12.1 Å². The van der Waals surface area contributed by atoms with E-state index in [0.29, 0.717) is 10.1 Å². The summed E-state index contributed by atoms with van der Waals surface area (Å²) in [7, 11) is -1.19. The molecule has 1 saturated heterocycles. The second-order valence-corrected chi connectivity index (χ2v) is 13.3. The summed E-state index contributed by atoms with van der Waals surface area (Å²) in [6, 6.07) is 3.18. The van der Waals surface area contributed by atoms with Gasteiger partial charge in [-0.05, 0) is 10.1 Å². The lowest BCUT2D eigenvalue weighted by Gasteiger charge is -2.55. The predicted octanol–water partition coefficient (Wildman–Crippen LogP) is 6.39. The highest BCUT2D eigenvalue weighted by Gasteiger charge is 2.54. The Labute approximate surface area is 111 Å². The zero-order valence-electron chi connectivity index (χ0n) is 13.2. The van der Waals surface area contributed by atoms with Gasteiger partial charge in [-0.2, -0.15) is 0 Å². The molecule has 1 rings (SSSR count). The van der Waals surface area contributed by atoms with Crippen molar-refractivity contribution in [3.05, 3.63) is 0 Å². The van der Waals surface area contributed by atoms with E-state index in [0.717, 1.165) is 0 Å². The minimum absolute atomic E-state index is 0.622. The first-order valence-electron chi connectivity index (χ1n) is 7.83. The predicted molar refractivity (Wildman–Crippen MR) is 82.5 cm³/mol. The molecule has 1 aliphatic heterocycles. The largest absolute Gasteiger partial charge is 0.0651 e. The maximum atomic E-state index is 2.59. The monoisotopic (exact) mass is 254 g/mol. The van der Waals surface area contributed by atoms with E-state index in [1.807, 2.05) is 0 Å². The van der Waals surface area contributed by atoms with Crippen LogP contribution in [-0.2, 0) is 0 Å². The summed E-state index contributed by atoms with van der Waals surface area (Å²) in [6.07, 6.45) is 8.77. The molecule has 102 valence electrons. The maximum absolute atomic E-state index is 2.59. The third-order valence-electron chi connectivity index (χ3n) is 6.32. The number of hydrogen-bond donors (Lipinski definition) is 0. The number of hydrogen-bond acceptors (Lipinski definition) is 0. The molecule has 0 unspecified atom stereocenters. The molecule has 0 bridgehead atoms. The molecule has 0 atom stereocenters. The van der Waals surface area contributed by atoms with Gasteiger partial charge in [0.2, 0.25) is 0 Å². The van der Waals surface area contributed by atoms with Crippen LogP contribution in [0, 0.1) is 0 Å². The van der Waals surface area contributed by atoms with Crippen LogP contribution in [0.1, 0.15) is 80.1 Å². The molecule has 0 aromatic heterocycles. The van der Waals surface area contributed by atoms with Crippen molar-refractivity contribution in [2.45, 2.75) is 102 Å². The summed E-state index contributed by atoms with van der Waals surface area (Å²) in [6.45, 7) is 15.2. The molecule has 0 N–H and O–H groups in total. The fourth-order valence-corrected chi connectivity index (χ4v) is 12.1. The van der Waals surface area contributed by atoms with Gasteiger partial charge in [0.25, 0.3) is 0 Å². The molecule has 0 nitrogen and oxygen atoms in total. The van der Waals surface area contributed by atoms with Crippen LogP contribution < -0.4 is 0 Å². The van der Waals surface area contributed by atoms with Crippen molar-refractivity contribution in [3.63, 3.8) is 0 Å². The second kappa shape index (κ2) is 5.46. The fraction of sp³-hybridized carbons (Fsp3) is 1.00. The van der Waals surface area contributed by atoms with Crippen molar-refractivity contribution >= 4 is 8.07 Å². The zero-order valence-corrected chi connectivity index (χ0v) is 14.2. The van der Waals surface area contributed by atoms with Gasteiger partial charge in [0.15, 0.2) is 0 Å². The first kappa shape index (κ1) is 15.3. The molecule has 0 saturated carbocycles. The molecule has 0 amide bonds. The smallest absolute Gasteiger partial charge is 0.0649 e. The van der Waals surface area contributed by atoms with Gasteiger partial charge in [-0.3, -0.25) is 0 Å². The highest BCUT2D eigenvalue weighted by atomic mass is 28.3. The van der Waals surface area contributed by atoms with E-state index in [4.69, 9.17) is 0 Å². The van der Waals surface area contributed by atoms with Gasteiger partial charge in [-0.1, -0.05) is 92.2 Å². The van der Waals surface area contributed by atoms with E-state index in [-0.39, 0.29) is 0 Å². The lowest BCUT2D eigenvalue weighted by molar-refractivity contribution is 0.514. The first-order chi connectivity index (χ1) is 7.83. The molecule has 1 heteroatoms. The summed E-state index contributed by atoms with van der Waals surface area (Å²) >= 11 is 0. The van der Waals surface area contributed by atoms with Gasteiger partial charge in [0, 0.05) is 0 Å². The van der Waals surface area contributed by atoms with Crippen molar-refractivity contribution in [2.24, 2.45) is 0 Å². The van der Waals surface area contributed by atoms with Crippen molar-refractivity contribution in [2.75, 3.05) is 0 Å². The zero-order chi connectivity index (χ0) is 13.2. The average molecular weight is 255 g/mol. The van der Waals surface area contributed by atoms with Crippen molar-refractivity contribution in [1.29, 1.82) is 0 Å². The first-order valence-corrected chi connectivity index (χ1v) is 10.2. The van der Waals surface area contributed by atoms with Gasteiger partial charge in [-0.15, -0.1) is 0 Å². The van der Waals surface area contributed by atoms with Crippen LogP contribution in [-0.4, -0.2) is 8.07 Å². The Balaban J connectivity index is 3.15. The molecule has 0 aliphatic carbocycles. The van der Waals surface area contributed by atoms with Gasteiger partial charge in [0.05, 0.1) is 8.07 Å².